The minimum absolute atomic E-state index is 0.0822. The monoisotopic (exact) mass is 259 g/mol. The molecular weight excluding hydrogens is 242 g/mol. The van der Waals surface area contributed by atoms with Crippen LogP contribution in [0.1, 0.15) is 20.8 Å². The molecule has 1 aromatic heterocycles. The van der Waals surface area contributed by atoms with E-state index in [9.17, 15) is 0 Å². The lowest BCUT2D eigenvalue weighted by Crippen LogP contribution is -2.27. The Kier molecular flexibility index (Phi) is 4.89. The first-order chi connectivity index (χ1) is 7.96. The Morgan fingerprint density at radius 3 is 2.29 bits per heavy atom. The van der Waals surface area contributed by atoms with E-state index in [1.165, 1.54) is 0 Å². The second-order valence-corrected chi connectivity index (χ2v) is 4.80. The molecule has 96 valence electrons. The highest BCUT2D eigenvalue weighted by atomic mass is 35.5. The standard InChI is InChI=1S/C10H18ClN5O/c1-4-12-8-14-7(11)15-9(16-8)13-5-10(2,3)6-17/h17H,4-6H2,1-3H3,(H2,12,13,14,15,16). The fourth-order valence-electron chi connectivity index (χ4n) is 1.04. The number of halogens is 1. The second kappa shape index (κ2) is 5.97. The molecule has 17 heavy (non-hydrogen) atoms. The molecule has 0 unspecified atom stereocenters. The minimum Gasteiger partial charge on any atom is -0.396 e. The summed E-state index contributed by atoms with van der Waals surface area (Å²) in [6.45, 7) is 7.16. The molecule has 3 N–H and O–H groups in total. The molecule has 0 atom stereocenters. The largest absolute Gasteiger partial charge is 0.396 e. The molecule has 0 saturated carbocycles. The number of hydrogen-bond donors (Lipinski definition) is 3. The number of aliphatic hydroxyl groups excluding tert-OH is 1. The zero-order valence-corrected chi connectivity index (χ0v) is 11.0. The molecule has 6 nitrogen and oxygen atoms in total. The first-order valence-corrected chi connectivity index (χ1v) is 5.85. The van der Waals surface area contributed by atoms with E-state index in [2.05, 4.69) is 25.6 Å². The molecule has 0 fully saturated rings. The first kappa shape index (κ1) is 13.9. The predicted molar refractivity (Wildman–Crippen MR) is 68.4 cm³/mol. The van der Waals surface area contributed by atoms with E-state index >= 15 is 0 Å². The van der Waals surface area contributed by atoms with E-state index in [1.54, 1.807) is 0 Å². The minimum atomic E-state index is -0.239. The van der Waals surface area contributed by atoms with Gasteiger partial charge in [-0.1, -0.05) is 13.8 Å². The Bertz CT molecular complexity index is 372. The summed E-state index contributed by atoms with van der Waals surface area (Å²) in [5.74, 6) is 0.847. The van der Waals surface area contributed by atoms with Crippen LogP contribution >= 0.6 is 11.6 Å². The van der Waals surface area contributed by atoms with Crippen LogP contribution in [0, 0.1) is 5.41 Å². The summed E-state index contributed by atoms with van der Waals surface area (Å²) in [4.78, 5) is 12.0. The fraction of sp³-hybridized carbons (Fsp3) is 0.700. The number of anilines is 2. The molecule has 0 radical (unpaired) electrons. The Balaban J connectivity index is 2.70. The van der Waals surface area contributed by atoms with Crippen molar-refractivity contribution in [2.24, 2.45) is 5.41 Å². The van der Waals surface area contributed by atoms with E-state index in [-0.39, 0.29) is 17.3 Å². The van der Waals surface area contributed by atoms with E-state index in [0.29, 0.717) is 25.0 Å². The lowest BCUT2D eigenvalue weighted by Gasteiger charge is -2.21. The number of nitrogens with one attached hydrogen (secondary N) is 2. The van der Waals surface area contributed by atoms with Crippen molar-refractivity contribution in [1.82, 2.24) is 15.0 Å². The molecule has 1 aromatic rings. The summed E-state index contributed by atoms with van der Waals surface area (Å²) in [5.41, 5.74) is -0.239. The first-order valence-electron chi connectivity index (χ1n) is 5.47. The third-order valence-corrected chi connectivity index (χ3v) is 2.27. The Hall–Kier alpha value is -1.14. The van der Waals surface area contributed by atoms with Crippen LogP contribution in [-0.2, 0) is 0 Å². The van der Waals surface area contributed by atoms with Crippen LogP contribution in [-0.4, -0.2) is 39.8 Å². The number of aliphatic hydroxyl groups is 1. The molecule has 0 aromatic carbocycles. The summed E-state index contributed by atoms with van der Waals surface area (Å²) in [6.07, 6.45) is 0. The molecule has 0 amide bonds. The maximum Gasteiger partial charge on any atom is 0.228 e. The summed E-state index contributed by atoms with van der Waals surface area (Å²) in [6, 6.07) is 0. The quantitative estimate of drug-likeness (QED) is 0.716. The van der Waals surface area contributed by atoms with E-state index in [4.69, 9.17) is 16.7 Å². The van der Waals surface area contributed by atoms with Gasteiger partial charge < -0.3 is 15.7 Å². The number of rotatable bonds is 6. The molecule has 0 spiro atoms. The zero-order chi connectivity index (χ0) is 12.9. The highest BCUT2D eigenvalue weighted by molar-refractivity contribution is 6.28. The van der Waals surface area contributed by atoms with E-state index in [1.807, 2.05) is 20.8 Å². The smallest absolute Gasteiger partial charge is 0.228 e. The van der Waals surface area contributed by atoms with Gasteiger partial charge in [0.25, 0.3) is 0 Å². The van der Waals surface area contributed by atoms with Crippen LogP contribution in [0.5, 0.6) is 0 Å². The van der Waals surface area contributed by atoms with Gasteiger partial charge in [0, 0.05) is 25.1 Å². The van der Waals surface area contributed by atoms with Crippen molar-refractivity contribution in [3.8, 4) is 0 Å². The van der Waals surface area contributed by atoms with Crippen LogP contribution in [0.25, 0.3) is 0 Å². The molecule has 0 bridgehead atoms. The number of hydrogen-bond acceptors (Lipinski definition) is 6. The van der Waals surface area contributed by atoms with Crippen molar-refractivity contribution in [2.75, 3.05) is 30.3 Å². The lowest BCUT2D eigenvalue weighted by atomic mass is 9.95. The molecule has 0 aliphatic heterocycles. The van der Waals surface area contributed by atoms with Gasteiger partial charge in [-0.3, -0.25) is 0 Å². The fourth-order valence-corrected chi connectivity index (χ4v) is 1.20. The van der Waals surface area contributed by atoms with Crippen LogP contribution < -0.4 is 10.6 Å². The molecular formula is C10H18ClN5O. The van der Waals surface area contributed by atoms with Gasteiger partial charge in [0.1, 0.15) is 0 Å². The maximum atomic E-state index is 9.13. The average Bonchev–Trinajstić information content (AvgIpc) is 2.26. The number of nitrogens with zero attached hydrogens (tertiary/aromatic N) is 3. The van der Waals surface area contributed by atoms with Gasteiger partial charge in [-0.25, -0.2) is 0 Å². The van der Waals surface area contributed by atoms with E-state index in [0.717, 1.165) is 0 Å². The zero-order valence-electron chi connectivity index (χ0n) is 10.3. The van der Waals surface area contributed by atoms with Crippen molar-refractivity contribution in [3.05, 3.63) is 5.28 Å². The van der Waals surface area contributed by atoms with Gasteiger partial charge in [-0.2, -0.15) is 15.0 Å². The van der Waals surface area contributed by atoms with Crippen molar-refractivity contribution in [1.29, 1.82) is 0 Å². The van der Waals surface area contributed by atoms with Gasteiger partial charge in [-0.15, -0.1) is 0 Å². The molecule has 0 aliphatic rings. The second-order valence-electron chi connectivity index (χ2n) is 4.46. The van der Waals surface area contributed by atoms with Crippen molar-refractivity contribution in [3.63, 3.8) is 0 Å². The highest BCUT2D eigenvalue weighted by Gasteiger charge is 2.16. The summed E-state index contributed by atoms with van der Waals surface area (Å²) in [7, 11) is 0. The van der Waals surface area contributed by atoms with Gasteiger partial charge in [0.2, 0.25) is 17.2 Å². The third kappa shape index (κ3) is 4.70. The molecule has 0 saturated heterocycles. The molecule has 7 heteroatoms. The Morgan fingerprint density at radius 2 is 1.76 bits per heavy atom. The van der Waals surface area contributed by atoms with Gasteiger partial charge in [0.15, 0.2) is 0 Å². The van der Waals surface area contributed by atoms with Crippen LogP contribution in [0.2, 0.25) is 5.28 Å². The van der Waals surface area contributed by atoms with Gasteiger partial charge in [0.05, 0.1) is 0 Å². The number of aromatic nitrogens is 3. The van der Waals surface area contributed by atoms with Crippen molar-refractivity contribution < 1.29 is 5.11 Å². The van der Waals surface area contributed by atoms with E-state index < -0.39 is 0 Å². The summed E-state index contributed by atoms with van der Waals surface area (Å²) >= 11 is 5.78. The molecule has 0 aliphatic carbocycles. The highest BCUT2D eigenvalue weighted by Crippen LogP contribution is 2.15. The molecule has 1 heterocycles. The van der Waals surface area contributed by atoms with Gasteiger partial charge >= 0.3 is 0 Å². The van der Waals surface area contributed by atoms with Crippen LogP contribution in [0.4, 0.5) is 11.9 Å². The third-order valence-electron chi connectivity index (χ3n) is 2.10. The molecule has 1 rings (SSSR count). The normalized spacial score (nSPS) is 11.4. The lowest BCUT2D eigenvalue weighted by molar-refractivity contribution is 0.170. The Morgan fingerprint density at radius 1 is 1.18 bits per heavy atom. The predicted octanol–water partition coefficient (Wildman–Crippen LogP) is 1.39. The SMILES string of the molecule is CCNc1nc(Cl)nc(NCC(C)(C)CO)n1. The van der Waals surface area contributed by atoms with Crippen LogP contribution in [0.15, 0.2) is 0 Å². The summed E-state index contributed by atoms with van der Waals surface area (Å²) in [5, 5.41) is 15.3. The van der Waals surface area contributed by atoms with Gasteiger partial charge in [-0.05, 0) is 18.5 Å². The maximum absolute atomic E-state index is 9.13. The Labute approximate surface area is 106 Å². The van der Waals surface area contributed by atoms with Crippen LogP contribution in [0.3, 0.4) is 0 Å². The van der Waals surface area contributed by atoms with Crippen molar-refractivity contribution >= 4 is 23.5 Å². The van der Waals surface area contributed by atoms with Crippen molar-refractivity contribution in [2.45, 2.75) is 20.8 Å². The average molecular weight is 260 g/mol. The summed E-state index contributed by atoms with van der Waals surface area (Å²) < 4.78 is 0. The topological polar surface area (TPSA) is 83.0 Å².